The van der Waals surface area contributed by atoms with Gasteiger partial charge in [0, 0.05) is 21.9 Å². The quantitative estimate of drug-likeness (QED) is 0.784. The summed E-state index contributed by atoms with van der Waals surface area (Å²) in [7, 11) is 0. The number of rotatable bonds is 6. The maximum Gasteiger partial charge on any atom is 0.328 e. The summed E-state index contributed by atoms with van der Waals surface area (Å²) in [5.74, 6) is -2.01. The van der Waals surface area contributed by atoms with Crippen LogP contribution in [0.1, 0.15) is 11.1 Å². The number of benzene rings is 2. The minimum Gasteiger partial charge on any atom is -0.478 e. The van der Waals surface area contributed by atoms with Crippen molar-refractivity contribution < 1.29 is 19.8 Å². The van der Waals surface area contributed by atoms with Gasteiger partial charge in [-0.3, -0.25) is 0 Å². The molecule has 0 unspecified atom stereocenters. The summed E-state index contributed by atoms with van der Waals surface area (Å²) in [6.07, 6.45) is 5.27. The van der Waals surface area contributed by atoms with Crippen molar-refractivity contribution in [3.8, 4) is 0 Å². The van der Waals surface area contributed by atoms with Gasteiger partial charge in [0.25, 0.3) is 0 Å². The zero-order valence-corrected chi connectivity index (χ0v) is 12.9. The van der Waals surface area contributed by atoms with Crippen LogP contribution in [0.2, 0.25) is 0 Å². The lowest BCUT2D eigenvalue weighted by Crippen LogP contribution is -1.88. The molecule has 0 heterocycles. The van der Waals surface area contributed by atoms with E-state index in [2.05, 4.69) is 0 Å². The molecule has 0 aliphatic heterocycles. The van der Waals surface area contributed by atoms with Crippen LogP contribution in [0.25, 0.3) is 12.2 Å². The molecule has 0 radical (unpaired) electrons. The molecule has 0 aromatic heterocycles. The van der Waals surface area contributed by atoms with Crippen molar-refractivity contribution in [2.24, 2.45) is 0 Å². The molecule has 2 rings (SSSR count). The predicted molar refractivity (Wildman–Crippen MR) is 90.3 cm³/mol. The number of carboxylic acids is 2. The van der Waals surface area contributed by atoms with Gasteiger partial charge in [-0.1, -0.05) is 48.2 Å². The van der Waals surface area contributed by atoms with E-state index in [1.807, 2.05) is 48.5 Å². The largest absolute Gasteiger partial charge is 0.478 e. The van der Waals surface area contributed by atoms with Crippen LogP contribution in [0.3, 0.4) is 0 Å². The maximum atomic E-state index is 10.7. The van der Waals surface area contributed by atoms with Crippen LogP contribution in [-0.2, 0) is 9.59 Å². The minimum atomic E-state index is -1.01. The van der Waals surface area contributed by atoms with E-state index in [4.69, 9.17) is 10.2 Å². The van der Waals surface area contributed by atoms with Crippen LogP contribution in [0.4, 0.5) is 0 Å². The van der Waals surface area contributed by atoms with Gasteiger partial charge in [-0.05, 0) is 35.4 Å². The van der Waals surface area contributed by atoms with Crippen molar-refractivity contribution in [3.63, 3.8) is 0 Å². The smallest absolute Gasteiger partial charge is 0.328 e. The minimum absolute atomic E-state index is 0.789. The highest BCUT2D eigenvalue weighted by Crippen LogP contribution is 2.33. The third-order valence-electron chi connectivity index (χ3n) is 2.87. The SMILES string of the molecule is O=C(O)C=Cc1ccccc1Sc1ccccc1C=CC(=O)O. The molecule has 0 amide bonds. The summed E-state index contributed by atoms with van der Waals surface area (Å²) < 4.78 is 0. The van der Waals surface area contributed by atoms with Gasteiger partial charge in [0.15, 0.2) is 0 Å². The van der Waals surface area contributed by atoms with Gasteiger partial charge in [0.2, 0.25) is 0 Å². The molecule has 23 heavy (non-hydrogen) atoms. The Hall–Kier alpha value is -2.79. The molecule has 2 aromatic rings. The van der Waals surface area contributed by atoms with E-state index in [1.54, 1.807) is 12.2 Å². The van der Waals surface area contributed by atoms with Crippen molar-refractivity contribution >= 4 is 35.9 Å². The first-order valence-electron chi connectivity index (χ1n) is 6.74. The molecule has 2 N–H and O–H groups in total. The van der Waals surface area contributed by atoms with Crippen molar-refractivity contribution in [1.82, 2.24) is 0 Å². The Labute approximate surface area is 137 Å². The topological polar surface area (TPSA) is 74.6 Å². The highest BCUT2D eigenvalue weighted by molar-refractivity contribution is 7.99. The number of aliphatic carboxylic acids is 2. The average molecular weight is 326 g/mol. The lowest BCUT2D eigenvalue weighted by molar-refractivity contribution is -0.132. The number of hydrogen-bond donors (Lipinski definition) is 2. The third-order valence-corrected chi connectivity index (χ3v) is 4.05. The molecule has 0 saturated heterocycles. The van der Waals surface area contributed by atoms with Crippen LogP contribution in [0.15, 0.2) is 70.5 Å². The Morgan fingerprint density at radius 3 is 1.52 bits per heavy atom. The maximum absolute atomic E-state index is 10.7. The molecule has 0 saturated carbocycles. The first-order valence-corrected chi connectivity index (χ1v) is 7.56. The Balaban J connectivity index is 2.33. The van der Waals surface area contributed by atoms with Crippen molar-refractivity contribution in [2.45, 2.75) is 9.79 Å². The Morgan fingerprint density at radius 2 is 1.13 bits per heavy atom. The van der Waals surface area contributed by atoms with Crippen LogP contribution in [-0.4, -0.2) is 22.2 Å². The van der Waals surface area contributed by atoms with E-state index in [0.717, 1.165) is 33.1 Å². The van der Waals surface area contributed by atoms with Gasteiger partial charge < -0.3 is 10.2 Å². The van der Waals surface area contributed by atoms with E-state index in [0.29, 0.717) is 0 Å². The summed E-state index contributed by atoms with van der Waals surface area (Å²) in [5, 5.41) is 17.5. The van der Waals surface area contributed by atoms with E-state index in [1.165, 1.54) is 11.8 Å². The lowest BCUT2D eigenvalue weighted by Gasteiger charge is -2.08. The molecule has 5 heteroatoms. The summed E-state index contributed by atoms with van der Waals surface area (Å²) in [5.41, 5.74) is 1.58. The Kier molecular flexibility index (Phi) is 5.77. The van der Waals surface area contributed by atoms with Crippen molar-refractivity contribution in [1.29, 1.82) is 0 Å². The molecular weight excluding hydrogens is 312 g/mol. The zero-order chi connectivity index (χ0) is 16.7. The number of carboxylic acid groups (broad SMARTS) is 2. The highest BCUT2D eigenvalue weighted by Gasteiger charge is 2.05. The van der Waals surface area contributed by atoms with Crippen molar-refractivity contribution in [3.05, 3.63) is 71.8 Å². The Morgan fingerprint density at radius 1 is 0.739 bits per heavy atom. The van der Waals surface area contributed by atoms with Crippen LogP contribution in [0.5, 0.6) is 0 Å². The second-order valence-electron chi connectivity index (χ2n) is 4.52. The third kappa shape index (κ3) is 5.16. The summed E-state index contributed by atoms with van der Waals surface area (Å²) >= 11 is 1.46. The number of hydrogen-bond acceptors (Lipinski definition) is 3. The van der Waals surface area contributed by atoms with E-state index < -0.39 is 11.9 Å². The molecule has 0 atom stereocenters. The first-order chi connectivity index (χ1) is 11.1. The predicted octanol–water partition coefficient (Wildman–Crippen LogP) is 4.03. The van der Waals surface area contributed by atoms with Crippen LogP contribution < -0.4 is 0 Å². The summed E-state index contributed by atoms with van der Waals surface area (Å²) in [6.45, 7) is 0. The van der Waals surface area contributed by atoms with Crippen molar-refractivity contribution in [2.75, 3.05) is 0 Å². The second kappa shape index (κ2) is 8.00. The number of carbonyl (C=O) groups is 2. The van der Waals surface area contributed by atoms with Gasteiger partial charge in [-0.15, -0.1) is 0 Å². The van der Waals surface area contributed by atoms with Gasteiger partial charge in [0.05, 0.1) is 0 Å². The summed E-state index contributed by atoms with van der Waals surface area (Å²) in [4.78, 5) is 23.2. The second-order valence-corrected chi connectivity index (χ2v) is 5.60. The van der Waals surface area contributed by atoms with Crippen LogP contribution >= 0.6 is 11.8 Å². The summed E-state index contributed by atoms with van der Waals surface area (Å²) in [6, 6.07) is 14.9. The monoisotopic (exact) mass is 326 g/mol. The molecule has 0 bridgehead atoms. The molecule has 0 aliphatic carbocycles. The van der Waals surface area contributed by atoms with Gasteiger partial charge in [0.1, 0.15) is 0 Å². The fraction of sp³-hybridized carbons (Fsp3) is 0. The molecule has 0 fully saturated rings. The molecule has 2 aromatic carbocycles. The molecule has 0 aliphatic rings. The zero-order valence-electron chi connectivity index (χ0n) is 12.0. The van der Waals surface area contributed by atoms with E-state index in [9.17, 15) is 9.59 Å². The molecule has 116 valence electrons. The average Bonchev–Trinajstić information content (AvgIpc) is 2.53. The van der Waals surface area contributed by atoms with E-state index in [-0.39, 0.29) is 0 Å². The molecule has 0 spiro atoms. The lowest BCUT2D eigenvalue weighted by atomic mass is 10.2. The highest BCUT2D eigenvalue weighted by atomic mass is 32.2. The molecular formula is C18H14O4S. The van der Waals surface area contributed by atoms with Gasteiger partial charge >= 0.3 is 11.9 Å². The standard InChI is InChI=1S/C18H14O4S/c19-17(20)11-9-13-5-1-3-7-15(13)23-16-8-4-2-6-14(16)10-12-18(21)22/h1-12H,(H,19,20)(H,21,22). The fourth-order valence-corrected chi connectivity index (χ4v) is 2.90. The van der Waals surface area contributed by atoms with Crippen LogP contribution in [0, 0.1) is 0 Å². The fourth-order valence-electron chi connectivity index (χ4n) is 1.86. The van der Waals surface area contributed by atoms with E-state index >= 15 is 0 Å². The molecule has 4 nitrogen and oxygen atoms in total. The van der Waals surface area contributed by atoms with Gasteiger partial charge in [-0.25, -0.2) is 9.59 Å². The van der Waals surface area contributed by atoms with Gasteiger partial charge in [-0.2, -0.15) is 0 Å². The normalized spacial score (nSPS) is 11.1. The Bertz CT molecular complexity index is 713. The first kappa shape index (κ1) is 16.6.